The van der Waals surface area contributed by atoms with Crippen LogP contribution in [0.5, 0.6) is 0 Å². The molecule has 150 valence electrons. The Kier molecular flexibility index (Phi) is 5.41. The Hall–Kier alpha value is -2.67. The van der Waals surface area contributed by atoms with Crippen molar-refractivity contribution in [3.05, 3.63) is 53.3 Å². The molecule has 1 aliphatic rings. The van der Waals surface area contributed by atoms with Gasteiger partial charge in [0.25, 0.3) is 0 Å². The van der Waals surface area contributed by atoms with Crippen LogP contribution in [0.2, 0.25) is 0 Å². The van der Waals surface area contributed by atoms with Crippen LogP contribution in [0.25, 0.3) is 11.4 Å². The van der Waals surface area contributed by atoms with Gasteiger partial charge in [-0.05, 0) is 63.8 Å². The zero-order valence-corrected chi connectivity index (χ0v) is 18.0. The number of aromatic nitrogens is 4. The van der Waals surface area contributed by atoms with Crippen molar-refractivity contribution in [2.24, 2.45) is 0 Å². The van der Waals surface area contributed by atoms with Crippen molar-refractivity contribution in [3.8, 4) is 11.4 Å². The van der Waals surface area contributed by atoms with Crippen LogP contribution in [0.1, 0.15) is 42.5 Å². The topological polar surface area (TPSA) is 72.7 Å². The molecule has 1 aliphatic carbocycles. The number of benzene rings is 1. The number of hydrogen-bond donors (Lipinski definition) is 1. The molecule has 1 N–H and O–H groups in total. The van der Waals surface area contributed by atoms with E-state index in [4.69, 9.17) is 0 Å². The third-order valence-electron chi connectivity index (χ3n) is 5.09. The standard InChI is InChI=1S/C22H25N5OS/c1-13-11-14(2)19(15(3)12-13)24-21(28)16(4)29-22-26-25-20(27(22)18-5-6-18)17-7-9-23-10-8-17/h7-12,16,18H,5-6H2,1-4H3,(H,24,28)/t16-/m0/s1. The van der Waals surface area contributed by atoms with E-state index in [0.717, 1.165) is 46.2 Å². The van der Waals surface area contributed by atoms with Gasteiger partial charge in [-0.2, -0.15) is 0 Å². The Morgan fingerprint density at radius 2 is 1.79 bits per heavy atom. The van der Waals surface area contributed by atoms with E-state index in [-0.39, 0.29) is 11.2 Å². The van der Waals surface area contributed by atoms with Crippen molar-refractivity contribution < 1.29 is 4.79 Å². The second-order valence-corrected chi connectivity index (χ2v) is 8.97. The fourth-order valence-electron chi connectivity index (χ4n) is 3.53. The molecule has 3 aromatic rings. The van der Waals surface area contributed by atoms with Crippen molar-refractivity contribution in [2.75, 3.05) is 5.32 Å². The minimum atomic E-state index is -0.290. The average molecular weight is 408 g/mol. The van der Waals surface area contributed by atoms with Crippen molar-refractivity contribution in [3.63, 3.8) is 0 Å². The highest BCUT2D eigenvalue weighted by Gasteiger charge is 2.31. The lowest BCUT2D eigenvalue weighted by Crippen LogP contribution is -2.24. The third-order valence-corrected chi connectivity index (χ3v) is 6.15. The number of aryl methyl sites for hydroxylation is 3. The quantitative estimate of drug-likeness (QED) is 0.599. The van der Waals surface area contributed by atoms with Gasteiger partial charge in [0.05, 0.1) is 5.25 Å². The van der Waals surface area contributed by atoms with Gasteiger partial charge in [-0.3, -0.25) is 14.3 Å². The number of thioether (sulfide) groups is 1. The molecule has 7 heteroatoms. The van der Waals surface area contributed by atoms with Crippen LogP contribution in [0.3, 0.4) is 0 Å². The number of nitrogens with one attached hydrogen (secondary N) is 1. The normalized spacial score (nSPS) is 14.6. The Morgan fingerprint density at radius 1 is 1.14 bits per heavy atom. The van der Waals surface area contributed by atoms with Gasteiger partial charge in [-0.15, -0.1) is 10.2 Å². The van der Waals surface area contributed by atoms with E-state index in [1.165, 1.54) is 17.3 Å². The first-order chi connectivity index (χ1) is 13.9. The lowest BCUT2D eigenvalue weighted by molar-refractivity contribution is -0.115. The predicted octanol–water partition coefficient (Wildman–Crippen LogP) is 4.72. The molecule has 0 spiro atoms. The largest absolute Gasteiger partial charge is 0.325 e. The van der Waals surface area contributed by atoms with Crippen LogP contribution in [0.4, 0.5) is 5.69 Å². The second-order valence-electron chi connectivity index (χ2n) is 7.67. The van der Waals surface area contributed by atoms with Gasteiger partial charge in [0, 0.05) is 29.7 Å². The number of anilines is 1. The van der Waals surface area contributed by atoms with Crippen molar-refractivity contribution in [1.29, 1.82) is 0 Å². The summed E-state index contributed by atoms with van der Waals surface area (Å²) in [7, 11) is 0. The maximum Gasteiger partial charge on any atom is 0.237 e. The maximum atomic E-state index is 12.9. The van der Waals surface area contributed by atoms with E-state index in [0.29, 0.717) is 6.04 Å². The number of nitrogens with zero attached hydrogens (tertiary/aromatic N) is 4. The highest BCUT2D eigenvalue weighted by atomic mass is 32.2. The molecule has 0 aliphatic heterocycles. The molecule has 2 aromatic heterocycles. The summed E-state index contributed by atoms with van der Waals surface area (Å²) in [5, 5.41) is 12.4. The van der Waals surface area contributed by atoms with Gasteiger partial charge in [-0.25, -0.2) is 0 Å². The fourth-order valence-corrected chi connectivity index (χ4v) is 4.45. The number of carbonyl (C=O) groups is 1. The van der Waals surface area contributed by atoms with Gasteiger partial charge < -0.3 is 5.32 Å². The fraction of sp³-hybridized carbons (Fsp3) is 0.364. The molecule has 29 heavy (non-hydrogen) atoms. The van der Waals surface area contributed by atoms with Crippen LogP contribution >= 0.6 is 11.8 Å². The Morgan fingerprint density at radius 3 is 2.41 bits per heavy atom. The lowest BCUT2D eigenvalue weighted by atomic mass is 10.1. The van der Waals surface area contributed by atoms with Crippen LogP contribution in [0.15, 0.2) is 41.8 Å². The monoisotopic (exact) mass is 407 g/mol. The minimum Gasteiger partial charge on any atom is -0.325 e. The highest BCUT2D eigenvalue weighted by Crippen LogP contribution is 2.41. The average Bonchev–Trinajstić information content (AvgIpc) is 3.45. The molecular formula is C22H25N5OS. The molecule has 0 bridgehead atoms. The summed E-state index contributed by atoms with van der Waals surface area (Å²) in [6.45, 7) is 8.03. The van der Waals surface area contributed by atoms with Crippen molar-refractivity contribution in [2.45, 2.75) is 57.0 Å². The second kappa shape index (κ2) is 7.99. The van der Waals surface area contributed by atoms with Crippen molar-refractivity contribution in [1.82, 2.24) is 19.7 Å². The van der Waals surface area contributed by atoms with Crippen LogP contribution < -0.4 is 5.32 Å². The summed E-state index contributed by atoms with van der Waals surface area (Å²) in [5.74, 6) is 0.816. The first-order valence-electron chi connectivity index (χ1n) is 9.84. The molecule has 0 unspecified atom stereocenters. The molecule has 1 atom stereocenters. The molecule has 0 radical (unpaired) electrons. The van der Waals surface area contributed by atoms with Crippen LogP contribution in [-0.4, -0.2) is 30.9 Å². The molecule has 6 nitrogen and oxygen atoms in total. The van der Waals surface area contributed by atoms with E-state index >= 15 is 0 Å². The highest BCUT2D eigenvalue weighted by molar-refractivity contribution is 8.00. The Balaban J connectivity index is 1.54. The van der Waals surface area contributed by atoms with Crippen LogP contribution in [0, 0.1) is 20.8 Å². The first kappa shape index (κ1) is 19.6. The summed E-state index contributed by atoms with van der Waals surface area (Å²) >= 11 is 1.46. The molecule has 4 rings (SSSR count). The molecule has 2 heterocycles. The van der Waals surface area contributed by atoms with E-state index in [9.17, 15) is 4.79 Å². The van der Waals surface area contributed by atoms with Gasteiger partial charge in [0.15, 0.2) is 11.0 Å². The molecule has 0 saturated heterocycles. The molecule has 1 aromatic carbocycles. The van der Waals surface area contributed by atoms with Gasteiger partial charge in [0.1, 0.15) is 0 Å². The summed E-state index contributed by atoms with van der Waals surface area (Å²) in [6.07, 6.45) is 5.75. The summed E-state index contributed by atoms with van der Waals surface area (Å²) < 4.78 is 2.17. The molecule has 1 saturated carbocycles. The number of pyridine rings is 1. The SMILES string of the molecule is Cc1cc(C)c(NC(=O)[C@H](C)Sc2nnc(-c3ccncc3)n2C2CC2)c(C)c1. The zero-order valence-electron chi connectivity index (χ0n) is 17.1. The van der Waals surface area contributed by atoms with Gasteiger partial charge in [-0.1, -0.05) is 29.5 Å². The number of hydrogen-bond acceptors (Lipinski definition) is 5. The minimum absolute atomic E-state index is 0.0270. The maximum absolute atomic E-state index is 12.9. The predicted molar refractivity (Wildman–Crippen MR) is 116 cm³/mol. The molecule has 1 fully saturated rings. The smallest absolute Gasteiger partial charge is 0.237 e. The Bertz CT molecular complexity index is 1020. The van der Waals surface area contributed by atoms with Crippen molar-refractivity contribution >= 4 is 23.4 Å². The van der Waals surface area contributed by atoms with E-state index in [1.54, 1.807) is 12.4 Å². The van der Waals surface area contributed by atoms with Gasteiger partial charge in [0.2, 0.25) is 5.91 Å². The zero-order chi connectivity index (χ0) is 20.5. The molecule has 1 amide bonds. The van der Waals surface area contributed by atoms with Crippen LogP contribution in [-0.2, 0) is 4.79 Å². The Labute approximate surface area is 175 Å². The number of carbonyl (C=O) groups excluding carboxylic acids is 1. The first-order valence-corrected chi connectivity index (χ1v) is 10.7. The number of amides is 1. The van der Waals surface area contributed by atoms with E-state index < -0.39 is 0 Å². The molecular weight excluding hydrogens is 382 g/mol. The third kappa shape index (κ3) is 4.19. The van der Waals surface area contributed by atoms with Gasteiger partial charge >= 0.3 is 0 Å². The van der Waals surface area contributed by atoms with E-state index in [2.05, 4.69) is 44.1 Å². The summed E-state index contributed by atoms with van der Waals surface area (Å²) in [4.78, 5) is 17.0. The summed E-state index contributed by atoms with van der Waals surface area (Å²) in [5.41, 5.74) is 5.24. The lowest BCUT2D eigenvalue weighted by Gasteiger charge is -2.16. The van der Waals surface area contributed by atoms with E-state index in [1.807, 2.05) is 32.9 Å². The number of rotatable bonds is 6. The summed E-state index contributed by atoms with van der Waals surface area (Å²) in [6, 6.07) is 8.47.